The molecule has 0 saturated carbocycles. The molecule has 0 fully saturated rings. The van der Waals surface area contributed by atoms with E-state index >= 15 is 0 Å². The van der Waals surface area contributed by atoms with Crippen molar-refractivity contribution < 1.29 is 56.7 Å². The number of hydrogen-bond acceptors (Lipinski definition) is 7. The summed E-state index contributed by atoms with van der Waals surface area (Å²) >= 11 is 0. The van der Waals surface area contributed by atoms with E-state index in [0.717, 1.165) is 16.6 Å². The molecule has 1 heterocycles. The van der Waals surface area contributed by atoms with Crippen LogP contribution in [0, 0.1) is 32.9 Å². The zero-order chi connectivity index (χ0) is 29.8. The first kappa shape index (κ1) is 37.5. The Morgan fingerprint density at radius 2 is 2.07 bits per heavy atom. The maximum Gasteiger partial charge on any atom is 1.00 e. The van der Waals surface area contributed by atoms with Crippen LogP contribution in [0.5, 0.6) is 11.5 Å². The van der Waals surface area contributed by atoms with Gasteiger partial charge in [-0.3, -0.25) is 18.0 Å². The number of amides is 1. The Balaban J connectivity index is 0.00000462. The number of benzene rings is 2. The number of aryl methyl sites for hydroxylation is 1. The average Bonchev–Trinajstić information content (AvgIpc) is 2.93. The minimum Gasteiger partial charge on any atom is -0.577 e. The van der Waals surface area contributed by atoms with Crippen molar-refractivity contribution in [1.82, 2.24) is 14.9 Å². The first-order chi connectivity index (χ1) is 19.6. The molecule has 1 amide bonds. The van der Waals surface area contributed by atoms with Crippen LogP contribution in [-0.2, 0) is 4.74 Å². The molecule has 216 valence electrons. The molecule has 0 bridgehead atoms. The normalized spacial score (nSPS) is 11.2. The number of nitrogens with one attached hydrogen (secondary N) is 1. The molecule has 2 aromatic carbocycles. The average molecular weight is 567 g/mol. The number of carbonyl (C=O) groups is 1. The predicted octanol–water partition coefficient (Wildman–Crippen LogP) is -0.0583. The first-order valence-corrected chi connectivity index (χ1v) is 12.7. The summed E-state index contributed by atoms with van der Waals surface area (Å²) in [6.45, 7) is 17.6. The Labute approximate surface area is 277 Å². The van der Waals surface area contributed by atoms with Gasteiger partial charge in [0.1, 0.15) is 17.7 Å². The summed E-state index contributed by atoms with van der Waals surface area (Å²) < 4.78 is 17.0. The number of carbonyl (C=O) groups excluding carboxylic acids is 1. The first-order valence-electron chi connectivity index (χ1n) is 12.7. The molecule has 1 N–H and O–H groups in total. The molecule has 3 aromatic rings. The van der Waals surface area contributed by atoms with Crippen LogP contribution < -0.4 is 52.5 Å². The van der Waals surface area contributed by atoms with Crippen LogP contribution in [0.15, 0.2) is 59.6 Å². The van der Waals surface area contributed by atoms with Gasteiger partial charge >= 0.3 is 43.8 Å². The topological polar surface area (TPSA) is 120 Å². The monoisotopic (exact) mass is 566 g/mol. The van der Waals surface area contributed by atoms with E-state index in [2.05, 4.69) is 39.5 Å². The van der Waals surface area contributed by atoms with Crippen LogP contribution in [0.1, 0.15) is 26.3 Å². The van der Waals surface area contributed by atoms with Crippen molar-refractivity contribution in [2.45, 2.75) is 33.3 Å². The standard InChI is InChI=1S/C31H32N6O4.2Li/c1-7-24(14-15-33-20-32)40-28-13-10-23(18-22(28)3)36-29-26-12-11-25(19-27(26)34-21-35-29)39-17-9-16-37(8-2)30(38)41-31(4,5)6;;/h1,7,9-10,12-14,18-21H,2,8,16-17H2,3-6H3,(H,34,35,36);;/q-6;2*+1/b24-14+;;. The Kier molecular flexibility index (Phi) is 15.9. The van der Waals surface area contributed by atoms with E-state index in [1.807, 2.05) is 46.2 Å². The largest absolute Gasteiger partial charge is 1.00 e. The number of rotatable bonds is 13. The van der Waals surface area contributed by atoms with Gasteiger partial charge in [0.25, 0.3) is 0 Å². The van der Waals surface area contributed by atoms with Gasteiger partial charge in [-0.1, -0.05) is 5.39 Å². The molecule has 0 unspecified atom stereocenters. The van der Waals surface area contributed by atoms with Crippen molar-refractivity contribution in [3.8, 4) is 11.5 Å². The quantitative estimate of drug-likeness (QED) is 0.0586. The molecule has 0 spiro atoms. The zero-order valence-electron chi connectivity index (χ0n) is 25.5. The number of allylic oxidation sites excluding steroid dienone is 2. The molecule has 0 aliphatic heterocycles. The summed E-state index contributed by atoms with van der Waals surface area (Å²) in [5, 5.41) is 12.7. The molecule has 1 aromatic heterocycles. The molecule has 0 aliphatic carbocycles. The third-order valence-corrected chi connectivity index (χ3v) is 5.34. The maximum absolute atomic E-state index is 12.2. The van der Waals surface area contributed by atoms with Gasteiger partial charge < -0.3 is 41.8 Å². The predicted molar refractivity (Wildman–Crippen MR) is 160 cm³/mol. The van der Waals surface area contributed by atoms with Crippen molar-refractivity contribution in [2.24, 2.45) is 4.99 Å². The second-order valence-corrected chi connectivity index (χ2v) is 9.64. The molecule has 3 rings (SSSR count). The minimum absolute atomic E-state index is 0. The van der Waals surface area contributed by atoms with E-state index in [9.17, 15) is 4.79 Å². The van der Waals surface area contributed by atoms with Crippen molar-refractivity contribution in [1.29, 1.82) is 0 Å². The summed E-state index contributed by atoms with van der Waals surface area (Å²) in [5.74, 6) is 2.01. The number of aliphatic imine (C=N–C) groups is 1. The van der Waals surface area contributed by atoms with Gasteiger partial charge in [-0.05, 0) is 63.6 Å². The molecular weight excluding hydrogens is 534 g/mol. The van der Waals surface area contributed by atoms with Gasteiger partial charge in [0.2, 0.25) is 0 Å². The number of hydrogen-bond donors (Lipinski definition) is 1. The van der Waals surface area contributed by atoms with Crippen LogP contribution in [0.4, 0.5) is 16.3 Å². The molecule has 10 nitrogen and oxygen atoms in total. The van der Waals surface area contributed by atoms with Crippen LogP contribution >= 0.6 is 0 Å². The third kappa shape index (κ3) is 11.9. The number of fused-ring (bicyclic) bond motifs is 1. The summed E-state index contributed by atoms with van der Waals surface area (Å²) in [6, 6.07) is 12.2. The second kappa shape index (κ2) is 18.2. The molecule has 0 radical (unpaired) electrons. The van der Waals surface area contributed by atoms with E-state index in [0.29, 0.717) is 41.5 Å². The fourth-order valence-corrected chi connectivity index (χ4v) is 3.45. The molecular formula is C31H32Li2N6O4-4. The van der Waals surface area contributed by atoms with Crippen LogP contribution in [-0.4, -0.2) is 58.8 Å². The number of anilines is 2. The van der Waals surface area contributed by atoms with Crippen molar-refractivity contribution in [2.75, 3.05) is 25.0 Å². The van der Waals surface area contributed by atoms with Crippen LogP contribution in [0.3, 0.4) is 0 Å². The van der Waals surface area contributed by atoms with Gasteiger partial charge in [0.05, 0.1) is 5.82 Å². The fraction of sp³-hybridized carbons (Fsp3) is 0.258. The number of ether oxygens (including phenoxy) is 3. The van der Waals surface area contributed by atoms with E-state index < -0.39 is 11.7 Å². The zero-order valence-corrected chi connectivity index (χ0v) is 25.5. The maximum atomic E-state index is 12.2. The molecule has 43 heavy (non-hydrogen) atoms. The smallest absolute Gasteiger partial charge is 0.577 e. The van der Waals surface area contributed by atoms with Gasteiger partial charge in [-0.25, -0.2) is 22.3 Å². The van der Waals surface area contributed by atoms with E-state index in [-0.39, 0.29) is 50.9 Å². The SMILES string of the molecule is [CH-]=C/C(=C\[C-]=NC=[N-])Oc1ccc(Nc2ncnc3cc(OC[CH-]CN(C[CH2-])C(=O)OC(C)(C)C)[c-]cc23)cc1C.[Li+].[Li+]. The summed E-state index contributed by atoms with van der Waals surface area (Å²) in [4.78, 5) is 25.9. The van der Waals surface area contributed by atoms with Crippen LogP contribution in [0.2, 0.25) is 0 Å². The van der Waals surface area contributed by atoms with E-state index in [1.165, 1.54) is 23.4 Å². The van der Waals surface area contributed by atoms with Crippen molar-refractivity contribution >= 4 is 41.1 Å². The Morgan fingerprint density at radius 3 is 2.72 bits per heavy atom. The van der Waals surface area contributed by atoms with Crippen LogP contribution in [0.25, 0.3) is 16.3 Å². The summed E-state index contributed by atoms with van der Waals surface area (Å²) in [5.41, 5.74) is 1.73. The Morgan fingerprint density at radius 1 is 1.30 bits per heavy atom. The van der Waals surface area contributed by atoms with Crippen molar-refractivity contribution in [3.05, 3.63) is 91.5 Å². The number of aromatic nitrogens is 2. The van der Waals surface area contributed by atoms with Gasteiger partial charge in [0.15, 0.2) is 0 Å². The van der Waals surface area contributed by atoms with Crippen molar-refractivity contribution in [3.63, 3.8) is 0 Å². The Hall–Kier alpha value is -3.54. The van der Waals surface area contributed by atoms with Gasteiger partial charge in [0, 0.05) is 17.2 Å². The number of nitrogens with zero attached hydrogens (tertiary/aromatic N) is 5. The molecule has 0 aliphatic rings. The second-order valence-electron chi connectivity index (χ2n) is 9.64. The van der Waals surface area contributed by atoms with E-state index in [1.54, 1.807) is 18.2 Å². The third-order valence-electron chi connectivity index (χ3n) is 5.34. The molecule has 0 atom stereocenters. The summed E-state index contributed by atoms with van der Waals surface area (Å²) in [7, 11) is 0. The molecule has 12 heteroatoms. The van der Waals surface area contributed by atoms with E-state index in [4.69, 9.17) is 26.2 Å². The Bertz CT molecular complexity index is 1440. The summed E-state index contributed by atoms with van der Waals surface area (Å²) in [6.07, 6.45) is 8.63. The van der Waals surface area contributed by atoms with Gasteiger partial charge in [-0.15, -0.1) is 31.3 Å². The fourth-order valence-electron chi connectivity index (χ4n) is 3.45. The minimum atomic E-state index is -0.576. The molecule has 0 saturated heterocycles. The van der Waals surface area contributed by atoms with Gasteiger partial charge in [-0.2, -0.15) is 12.1 Å².